The molecule has 2 rings (SSSR count). The number of nitrogens with one attached hydrogen (secondary N) is 1. The molecule has 2 amide bonds. The Labute approximate surface area is 124 Å². The number of hydrogen-bond donors (Lipinski definition) is 1. The second-order valence-corrected chi connectivity index (χ2v) is 5.00. The van der Waals surface area contributed by atoms with Crippen molar-refractivity contribution in [3.8, 4) is 0 Å². The van der Waals surface area contributed by atoms with Gasteiger partial charge in [0.25, 0.3) is 5.91 Å². The minimum atomic E-state index is -0.187. The van der Waals surface area contributed by atoms with Crippen molar-refractivity contribution in [2.24, 2.45) is 0 Å². The SMILES string of the molecule is CCCCNC(=O)c1cnc(N2CCN(C=O)CC2)cn1. The van der Waals surface area contributed by atoms with Crippen LogP contribution in [0.25, 0.3) is 0 Å². The average Bonchev–Trinajstić information content (AvgIpc) is 2.55. The van der Waals surface area contributed by atoms with Gasteiger partial charge in [0.2, 0.25) is 6.41 Å². The average molecular weight is 291 g/mol. The standard InChI is InChI=1S/C14H21N5O2/c1-2-3-4-15-14(21)12-9-17-13(10-16-12)19-7-5-18(11-20)6-8-19/h9-11H,2-8H2,1H3,(H,15,21). The van der Waals surface area contributed by atoms with E-state index in [0.29, 0.717) is 25.3 Å². The van der Waals surface area contributed by atoms with Crippen LogP contribution in [-0.4, -0.2) is 59.9 Å². The number of piperazine rings is 1. The third kappa shape index (κ3) is 4.14. The summed E-state index contributed by atoms with van der Waals surface area (Å²) < 4.78 is 0. The van der Waals surface area contributed by atoms with E-state index in [9.17, 15) is 9.59 Å². The zero-order valence-electron chi connectivity index (χ0n) is 12.3. The van der Waals surface area contributed by atoms with Crippen LogP contribution in [0.3, 0.4) is 0 Å². The molecule has 0 atom stereocenters. The molecule has 7 nitrogen and oxygen atoms in total. The Hall–Kier alpha value is -2.18. The number of nitrogens with zero attached hydrogens (tertiary/aromatic N) is 4. The van der Waals surface area contributed by atoms with Crippen LogP contribution in [0.5, 0.6) is 0 Å². The van der Waals surface area contributed by atoms with Crippen molar-refractivity contribution in [1.29, 1.82) is 0 Å². The second kappa shape index (κ2) is 7.56. The molecule has 1 aliphatic heterocycles. The van der Waals surface area contributed by atoms with Crippen LogP contribution in [-0.2, 0) is 4.79 Å². The number of carbonyl (C=O) groups excluding carboxylic acids is 2. The van der Waals surface area contributed by atoms with E-state index in [1.807, 2.05) is 0 Å². The molecule has 0 aromatic carbocycles. The van der Waals surface area contributed by atoms with Gasteiger partial charge in [0.05, 0.1) is 12.4 Å². The summed E-state index contributed by atoms with van der Waals surface area (Å²) in [5, 5.41) is 2.81. The second-order valence-electron chi connectivity index (χ2n) is 5.00. The van der Waals surface area contributed by atoms with Gasteiger partial charge in [0.15, 0.2) is 0 Å². The maximum absolute atomic E-state index is 11.8. The number of anilines is 1. The van der Waals surface area contributed by atoms with Crippen LogP contribution < -0.4 is 10.2 Å². The van der Waals surface area contributed by atoms with Gasteiger partial charge < -0.3 is 15.1 Å². The van der Waals surface area contributed by atoms with Crippen molar-refractivity contribution in [3.63, 3.8) is 0 Å². The number of carbonyl (C=O) groups is 2. The first-order valence-corrected chi connectivity index (χ1v) is 7.29. The predicted octanol–water partition coefficient (Wildman–Crippen LogP) is 0.285. The highest BCUT2D eigenvalue weighted by Crippen LogP contribution is 2.11. The molecule has 0 unspecified atom stereocenters. The van der Waals surface area contributed by atoms with Crippen molar-refractivity contribution in [3.05, 3.63) is 18.1 Å². The molecule has 1 aromatic heterocycles. The van der Waals surface area contributed by atoms with Gasteiger partial charge in [-0.15, -0.1) is 0 Å². The Bertz CT molecular complexity index is 469. The molecule has 1 saturated heterocycles. The Morgan fingerprint density at radius 3 is 2.62 bits per heavy atom. The molecule has 0 saturated carbocycles. The monoisotopic (exact) mass is 291 g/mol. The lowest BCUT2D eigenvalue weighted by Crippen LogP contribution is -2.46. The molecular formula is C14H21N5O2. The van der Waals surface area contributed by atoms with Gasteiger partial charge in [-0.2, -0.15) is 0 Å². The molecular weight excluding hydrogens is 270 g/mol. The molecule has 0 spiro atoms. The molecule has 2 heterocycles. The fourth-order valence-corrected chi connectivity index (χ4v) is 2.13. The summed E-state index contributed by atoms with van der Waals surface area (Å²) in [6.45, 7) is 5.57. The molecule has 0 radical (unpaired) electrons. The lowest BCUT2D eigenvalue weighted by molar-refractivity contribution is -0.118. The Kier molecular flexibility index (Phi) is 5.48. The van der Waals surface area contributed by atoms with E-state index in [4.69, 9.17) is 0 Å². The van der Waals surface area contributed by atoms with Crippen LogP contribution in [0, 0.1) is 0 Å². The highest BCUT2D eigenvalue weighted by molar-refractivity contribution is 5.91. The van der Waals surface area contributed by atoms with Crippen molar-refractivity contribution < 1.29 is 9.59 Å². The quantitative estimate of drug-likeness (QED) is 0.602. The molecule has 114 valence electrons. The van der Waals surface area contributed by atoms with Gasteiger partial charge in [-0.25, -0.2) is 9.97 Å². The number of unbranched alkanes of at least 4 members (excludes halogenated alkanes) is 1. The van der Waals surface area contributed by atoms with E-state index in [1.54, 1.807) is 11.1 Å². The summed E-state index contributed by atoms with van der Waals surface area (Å²) in [5.41, 5.74) is 0.335. The summed E-state index contributed by atoms with van der Waals surface area (Å²) in [4.78, 5) is 34.7. The largest absolute Gasteiger partial charge is 0.352 e. The van der Waals surface area contributed by atoms with E-state index in [-0.39, 0.29) is 5.91 Å². The third-order valence-corrected chi connectivity index (χ3v) is 3.47. The van der Waals surface area contributed by atoms with E-state index >= 15 is 0 Å². The lowest BCUT2D eigenvalue weighted by Gasteiger charge is -2.33. The van der Waals surface area contributed by atoms with E-state index in [1.165, 1.54) is 6.20 Å². The van der Waals surface area contributed by atoms with Crippen LogP contribution in [0.1, 0.15) is 30.3 Å². The smallest absolute Gasteiger partial charge is 0.271 e. The Balaban J connectivity index is 1.90. The Morgan fingerprint density at radius 2 is 2.05 bits per heavy atom. The van der Waals surface area contributed by atoms with Crippen LogP contribution >= 0.6 is 0 Å². The number of amides is 2. The predicted molar refractivity (Wildman–Crippen MR) is 79.1 cm³/mol. The minimum absolute atomic E-state index is 0.187. The Morgan fingerprint density at radius 1 is 1.29 bits per heavy atom. The first-order valence-electron chi connectivity index (χ1n) is 7.29. The fourth-order valence-electron chi connectivity index (χ4n) is 2.13. The van der Waals surface area contributed by atoms with Crippen molar-refractivity contribution >= 4 is 18.1 Å². The highest BCUT2D eigenvalue weighted by atomic mass is 16.2. The third-order valence-electron chi connectivity index (χ3n) is 3.47. The summed E-state index contributed by atoms with van der Waals surface area (Å²) in [7, 11) is 0. The molecule has 1 aromatic rings. The van der Waals surface area contributed by atoms with Crippen LogP contribution in [0.4, 0.5) is 5.82 Å². The topological polar surface area (TPSA) is 78.4 Å². The maximum atomic E-state index is 11.8. The highest BCUT2D eigenvalue weighted by Gasteiger charge is 2.17. The van der Waals surface area contributed by atoms with E-state index in [0.717, 1.165) is 38.2 Å². The number of hydrogen-bond acceptors (Lipinski definition) is 5. The minimum Gasteiger partial charge on any atom is -0.352 e. The summed E-state index contributed by atoms with van der Waals surface area (Å²) >= 11 is 0. The normalized spacial score (nSPS) is 14.9. The van der Waals surface area contributed by atoms with Gasteiger partial charge in [0.1, 0.15) is 11.5 Å². The van der Waals surface area contributed by atoms with Gasteiger partial charge in [0, 0.05) is 32.7 Å². The molecule has 7 heteroatoms. The van der Waals surface area contributed by atoms with Gasteiger partial charge in [-0.3, -0.25) is 9.59 Å². The number of rotatable bonds is 6. The first-order chi connectivity index (χ1) is 10.2. The van der Waals surface area contributed by atoms with Crippen LogP contribution in [0.2, 0.25) is 0 Å². The molecule has 0 bridgehead atoms. The van der Waals surface area contributed by atoms with Crippen LogP contribution in [0.15, 0.2) is 12.4 Å². The lowest BCUT2D eigenvalue weighted by atomic mass is 10.3. The van der Waals surface area contributed by atoms with Gasteiger partial charge in [-0.1, -0.05) is 13.3 Å². The zero-order valence-corrected chi connectivity index (χ0v) is 12.3. The summed E-state index contributed by atoms with van der Waals surface area (Å²) in [6, 6.07) is 0. The molecule has 21 heavy (non-hydrogen) atoms. The maximum Gasteiger partial charge on any atom is 0.271 e. The number of aromatic nitrogens is 2. The van der Waals surface area contributed by atoms with E-state index < -0.39 is 0 Å². The van der Waals surface area contributed by atoms with Crippen molar-refractivity contribution in [1.82, 2.24) is 20.2 Å². The van der Waals surface area contributed by atoms with Crippen molar-refractivity contribution in [2.75, 3.05) is 37.6 Å². The first kappa shape index (κ1) is 15.2. The molecule has 0 aliphatic carbocycles. The summed E-state index contributed by atoms with van der Waals surface area (Å²) in [5.74, 6) is 0.555. The van der Waals surface area contributed by atoms with E-state index in [2.05, 4.69) is 27.1 Å². The van der Waals surface area contributed by atoms with Gasteiger partial charge >= 0.3 is 0 Å². The van der Waals surface area contributed by atoms with Gasteiger partial charge in [-0.05, 0) is 6.42 Å². The molecule has 1 N–H and O–H groups in total. The summed E-state index contributed by atoms with van der Waals surface area (Å²) in [6.07, 6.45) is 5.98. The zero-order chi connectivity index (χ0) is 15.1. The fraction of sp³-hybridized carbons (Fsp3) is 0.571. The van der Waals surface area contributed by atoms with Crippen molar-refractivity contribution in [2.45, 2.75) is 19.8 Å². The molecule has 1 fully saturated rings. The molecule has 1 aliphatic rings.